The standard InChI is InChI=1S/C15H18O2/c1-10(9-11(2)16)15(17)14-7-5-13(6-8-14)12-3-4-12/h5-8,10,12H,3-4,9H2,1-2H3. The lowest BCUT2D eigenvalue weighted by Crippen LogP contribution is -2.14. The minimum Gasteiger partial charge on any atom is -0.300 e. The molecule has 1 fully saturated rings. The number of benzene rings is 1. The highest BCUT2D eigenvalue weighted by Crippen LogP contribution is 2.39. The third kappa shape index (κ3) is 3.02. The van der Waals surface area contributed by atoms with E-state index >= 15 is 0 Å². The first-order valence-electron chi connectivity index (χ1n) is 6.21. The van der Waals surface area contributed by atoms with E-state index in [-0.39, 0.29) is 17.5 Å². The first kappa shape index (κ1) is 12.0. The summed E-state index contributed by atoms with van der Waals surface area (Å²) >= 11 is 0. The number of Topliss-reactive ketones (excluding diaryl/α,β-unsaturated/α-hetero) is 2. The van der Waals surface area contributed by atoms with Gasteiger partial charge >= 0.3 is 0 Å². The van der Waals surface area contributed by atoms with Crippen LogP contribution in [0.15, 0.2) is 24.3 Å². The lowest BCUT2D eigenvalue weighted by atomic mass is 9.94. The van der Waals surface area contributed by atoms with E-state index in [1.54, 1.807) is 0 Å². The van der Waals surface area contributed by atoms with E-state index in [1.807, 2.05) is 31.2 Å². The van der Waals surface area contributed by atoms with E-state index in [1.165, 1.54) is 25.3 Å². The molecular formula is C15H18O2. The number of ketones is 2. The van der Waals surface area contributed by atoms with Crippen molar-refractivity contribution in [2.24, 2.45) is 5.92 Å². The fourth-order valence-electron chi connectivity index (χ4n) is 2.14. The molecule has 1 saturated carbocycles. The van der Waals surface area contributed by atoms with Crippen molar-refractivity contribution in [2.45, 2.75) is 39.0 Å². The van der Waals surface area contributed by atoms with Crippen molar-refractivity contribution >= 4 is 11.6 Å². The van der Waals surface area contributed by atoms with Crippen molar-refractivity contribution in [3.63, 3.8) is 0 Å². The molecule has 1 aliphatic rings. The second-order valence-corrected chi connectivity index (χ2v) is 5.07. The summed E-state index contributed by atoms with van der Waals surface area (Å²) in [5, 5.41) is 0. The third-order valence-corrected chi connectivity index (χ3v) is 3.29. The SMILES string of the molecule is CC(=O)CC(C)C(=O)c1ccc(C2CC2)cc1. The first-order valence-corrected chi connectivity index (χ1v) is 6.21. The molecule has 1 aromatic carbocycles. The van der Waals surface area contributed by atoms with Gasteiger partial charge in [-0.2, -0.15) is 0 Å². The van der Waals surface area contributed by atoms with Gasteiger partial charge in [0.2, 0.25) is 0 Å². The number of carbonyl (C=O) groups excluding carboxylic acids is 2. The average Bonchev–Trinajstić information content (AvgIpc) is 3.11. The van der Waals surface area contributed by atoms with Crippen LogP contribution in [0.1, 0.15) is 54.9 Å². The molecule has 0 amide bonds. The minimum absolute atomic E-state index is 0.0699. The van der Waals surface area contributed by atoms with E-state index in [0.717, 1.165) is 5.56 Å². The molecular weight excluding hydrogens is 212 g/mol. The Kier molecular flexibility index (Phi) is 3.41. The predicted molar refractivity (Wildman–Crippen MR) is 67.2 cm³/mol. The van der Waals surface area contributed by atoms with Crippen molar-refractivity contribution < 1.29 is 9.59 Å². The molecule has 0 heterocycles. The van der Waals surface area contributed by atoms with Gasteiger partial charge in [-0.05, 0) is 31.2 Å². The molecule has 17 heavy (non-hydrogen) atoms. The molecule has 0 aromatic heterocycles. The molecule has 0 aliphatic heterocycles. The van der Waals surface area contributed by atoms with Gasteiger partial charge in [0.25, 0.3) is 0 Å². The summed E-state index contributed by atoms with van der Waals surface area (Å²) in [6.45, 7) is 3.35. The van der Waals surface area contributed by atoms with E-state index in [4.69, 9.17) is 0 Å². The summed E-state index contributed by atoms with van der Waals surface area (Å²) in [6, 6.07) is 7.88. The molecule has 1 atom stereocenters. The van der Waals surface area contributed by atoms with Crippen LogP contribution in [0.3, 0.4) is 0 Å². The van der Waals surface area contributed by atoms with E-state index in [0.29, 0.717) is 12.3 Å². The highest BCUT2D eigenvalue weighted by molar-refractivity contribution is 5.99. The zero-order valence-electron chi connectivity index (χ0n) is 10.4. The second-order valence-electron chi connectivity index (χ2n) is 5.07. The van der Waals surface area contributed by atoms with Crippen LogP contribution in [0, 0.1) is 5.92 Å². The number of hydrogen-bond acceptors (Lipinski definition) is 2. The van der Waals surface area contributed by atoms with Crippen LogP contribution < -0.4 is 0 Å². The Balaban J connectivity index is 2.05. The van der Waals surface area contributed by atoms with Crippen molar-refractivity contribution in [1.29, 1.82) is 0 Å². The summed E-state index contributed by atoms with van der Waals surface area (Å²) in [5.41, 5.74) is 2.06. The van der Waals surface area contributed by atoms with Gasteiger partial charge in [0.1, 0.15) is 5.78 Å². The summed E-state index contributed by atoms with van der Waals surface area (Å²) in [5.74, 6) is 0.649. The van der Waals surface area contributed by atoms with Gasteiger partial charge < -0.3 is 4.79 Å². The number of rotatable bonds is 5. The van der Waals surface area contributed by atoms with Crippen LogP contribution >= 0.6 is 0 Å². The van der Waals surface area contributed by atoms with Crippen LogP contribution in [0.4, 0.5) is 0 Å². The van der Waals surface area contributed by atoms with Crippen LogP contribution in [0.5, 0.6) is 0 Å². The van der Waals surface area contributed by atoms with Crippen LogP contribution in [-0.2, 0) is 4.79 Å². The molecule has 2 nitrogen and oxygen atoms in total. The Bertz CT molecular complexity index is 427. The van der Waals surface area contributed by atoms with Gasteiger partial charge in [-0.3, -0.25) is 4.79 Å². The Hall–Kier alpha value is -1.44. The molecule has 0 N–H and O–H groups in total. The maximum atomic E-state index is 12.0. The quantitative estimate of drug-likeness (QED) is 0.727. The molecule has 2 rings (SSSR count). The van der Waals surface area contributed by atoms with Crippen LogP contribution in [-0.4, -0.2) is 11.6 Å². The topological polar surface area (TPSA) is 34.1 Å². The molecule has 2 heteroatoms. The van der Waals surface area contributed by atoms with Crippen molar-refractivity contribution in [3.8, 4) is 0 Å². The largest absolute Gasteiger partial charge is 0.300 e. The lowest BCUT2D eigenvalue weighted by molar-refractivity contribution is -0.117. The summed E-state index contributed by atoms with van der Waals surface area (Å²) in [4.78, 5) is 23.0. The number of carbonyl (C=O) groups is 2. The van der Waals surface area contributed by atoms with Gasteiger partial charge in [0.15, 0.2) is 5.78 Å². The predicted octanol–water partition coefficient (Wildman–Crippen LogP) is 3.36. The van der Waals surface area contributed by atoms with Crippen molar-refractivity contribution in [2.75, 3.05) is 0 Å². The van der Waals surface area contributed by atoms with Gasteiger partial charge in [-0.1, -0.05) is 31.2 Å². The maximum absolute atomic E-state index is 12.0. The normalized spacial score (nSPS) is 16.6. The fourth-order valence-corrected chi connectivity index (χ4v) is 2.14. The molecule has 0 radical (unpaired) electrons. The van der Waals surface area contributed by atoms with Crippen LogP contribution in [0.25, 0.3) is 0 Å². The van der Waals surface area contributed by atoms with Crippen LogP contribution in [0.2, 0.25) is 0 Å². The Labute approximate surface area is 102 Å². The molecule has 0 bridgehead atoms. The average molecular weight is 230 g/mol. The Morgan fingerprint density at radius 2 is 1.82 bits per heavy atom. The van der Waals surface area contributed by atoms with Gasteiger partial charge in [0, 0.05) is 17.9 Å². The zero-order chi connectivity index (χ0) is 12.4. The van der Waals surface area contributed by atoms with Gasteiger partial charge in [-0.15, -0.1) is 0 Å². The van der Waals surface area contributed by atoms with Crippen molar-refractivity contribution in [3.05, 3.63) is 35.4 Å². The maximum Gasteiger partial charge on any atom is 0.166 e. The Morgan fingerprint density at radius 3 is 2.29 bits per heavy atom. The first-order chi connectivity index (χ1) is 8.08. The molecule has 1 unspecified atom stereocenters. The summed E-state index contributed by atoms with van der Waals surface area (Å²) in [6.07, 6.45) is 2.88. The van der Waals surface area contributed by atoms with E-state index < -0.39 is 0 Å². The summed E-state index contributed by atoms with van der Waals surface area (Å²) < 4.78 is 0. The monoisotopic (exact) mass is 230 g/mol. The lowest BCUT2D eigenvalue weighted by Gasteiger charge is -2.08. The molecule has 1 aromatic rings. The highest BCUT2D eigenvalue weighted by Gasteiger charge is 2.23. The van der Waals surface area contributed by atoms with Crippen molar-refractivity contribution in [1.82, 2.24) is 0 Å². The van der Waals surface area contributed by atoms with E-state index in [9.17, 15) is 9.59 Å². The van der Waals surface area contributed by atoms with E-state index in [2.05, 4.69) is 0 Å². The zero-order valence-corrected chi connectivity index (χ0v) is 10.4. The smallest absolute Gasteiger partial charge is 0.166 e. The highest BCUT2D eigenvalue weighted by atomic mass is 16.1. The number of hydrogen-bond donors (Lipinski definition) is 0. The fraction of sp³-hybridized carbons (Fsp3) is 0.467. The molecule has 0 saturated heterocycles. The van der Waals surface area contributed by atoms with Gasteiger partial charge in [0.05, 0.1) is 0 Å². The third-order valence-electron chi connectivity index (χ3n) is 3.29. The molecule has 0 spiro atoms. The second kappa shape index (κ2) is 4.82. The van der Waals surface area contributed by atoms with Gasteiger partial charge in [-0.25, -0.2) is 0 Å². The Morgan fingerprint density at radius 1 is 1.24 bits per heavy atom. The summed E-state index contributed by atoms with van der Waals surface area (Å²) in [7, 11) is 0. The minimum atomic E-state index is -0.209. The molecule has 1 aliphatic carbocycles. The molecule has 90 valence electrons.